The molecule has 2 amide bonds. The van der Waals surface area contributed by atoms with Crippen LogP contribution in [0.15, 0.2) is 108 Å². The number of halogens is 2. The monoisotopic (exact) mass is 681 g/mol. The molecule has 0 aliphatic rings. The largest absolute Gasteiger partial charge is 0.497 e. The van der Waals surface area contributed by atoms with Crippen LogP contribution in [-0.4, -0.2) is 50.9 Å². The Morgan fingerprint density at radius 3 is 2.17 bits per heavy atom. The molecule has 4 aromatic carbocycles. The van der Waals surface area contributed by atoms with Crippen molar-refractivity contribution in [3.8, 4) is 5.75 Å². The summed E-state index contributed by atoms with van der Waals surface area (Å²) < 4.78 is 34.6. The highest BCUT2D eigenvalue weighted by atomic mass is 35.5. The number of amides is 2. The Kier molecular flexibility index (Phi) is 12.1. The first-order chi connectivity index (χ1) is 22.0. The van der Waals surface area contributed by atoms with Gasteiger partial charge in [-0.3, -0.25) is 13.9 Å². The first-order valence-corrected chi connectivity index (χ1v) is 17.0. The van der Waals surface area contributed by atoms with Crippen molar-refractivity contribution < 1.29 is 22.7 Å². The molecule has 0 saturated heterocycles. The van der Waals surface area contributed by atoms with Crippen molar-refractivity contribution in [2.45, 2.75) is 50.2 Å². The van der Waals surface area contributed by atoms with Crippen LogP contribution in [0.25, 0.3) is 0 Å². The molecule has 1 N–H and O–H groups in total. The highest BCUT2D eigenvalue weighted by Gasteiger charge is 2.35. The number of ether oxygens (including phenoxy) is 1. The molecular weight excluding hydrogens is 645 g/mol. The molecule has 2 unspecified atom stereocenters. The molecule has 4 aromatic rings. The highest BCUT2D eigenvalue weighted by Crippen LogP contribution is 2.28. The molecule has 2 atom stereocenters. The lowest BCUT2D eigenvalue weighted by Crippen LogP contribution is -2.54. The smallest absolute Gasteiger partial charge is 0.264 e. The van der Waals surface area contributed by atoms with Crippen molar-refractivity contribution in [3.05, 3.63) is 124 Å². The number of sulfonamides is 1. The van der Waals surface area contributed by atoms with Gasteiger partial charge >= 0.3 is 0 Å². The van der Waals surface area contributed by atoms with Crippen molar-refractivity contribution in [2.75, 3.05) is 18.0 Å². The third-order valence-corrected chi connectivity index (χ3v) is 9.81. The minimum atomic E-state index is -4.28. The second-order valence-corrected chi connectivity index (χ2v) is 13.6. The highest BCUT2D eigenvalue weighted by molar-refractivity contribution is 7.92. The molecule has 0 aromatic heterocycles. The van der Waals surface area contributed by atoms with Gasteiger partial charge in [0.1, 0.15) is 18.3 Å². The number of hydrogen-bond donors (Lipinski definition) is 1. The maximum absolute atomic E-state index is 14.5. The maximum atomic E-state index is 14.5. The number of carbonyl (C=O) groups is 2. The van der Waals surface area contributed by atoms with Crippen molar-refractivity contribution in [1.29, 1.82) is 0 Å². The van der Waals surface area contributed by atoms with Crippen molar-refractivity contribution in [3.63, 3.8) is 0 Å². The van der Waals surface area contributed by atoms with Gasteiger partial charge in [0.15, 0.2) is 0 Å². The van der Waals surface area contributed by atoms with Crippen LogP contribution in [0.1, 0.15) is 31.4 Å². The van der Waals surface area contributed by atoms with Gasteiger partial charge in [0.05, 0.1) is 17.7 Å². The molecule has 0 aliphatic heterocycles. The van der Waals surface area contributed by atoms with Gasteiger partial charge in [0.2, 0.25) is 11.8 Å². The summed E-state index contributed by atoms with van der Waals surface area (Å²) in [5.41, 5.74) is 1.74. The summed E-state index contributed by atoms with van der Waals surface area (Å²) in [6.07, 6.45) is 0.898. The van der Waals surface area contributed by atoms with Gasteiger partial charge in [-0.15, -0.1) is 0 Å². The van der Waals surface area contributed by atoms with Gasteiger partial charge in [-0.2, -0.15) is 0 Å². The van der Waals surface area contributed by atoms with Gasteiger partial charge in [0.25, 0.3) is 10.0 Å². The summed E-state index contributed by atoms with van der Waals surface area (Å²) in [7, 11) is -2.73. The summed E-state index contributed by atoms with van der Waals surface area (Å²) in [5.74, 6) is -0.343. The predicted octanol–water partition coefficient (Wildman–Crippen LogP) is 6.75. The van der Waals surface area contributed by atoms with E-state index in [1.54, 1.807) is 43.5 Å². The fourth-order valence-electron chi connectivity index (χ4n) is 4.86. The van der Waals surface area contributed by atoms with Gasteiger partial charge in [-0.05, 0) is 79.1 Å². The molecule has 0 heterocycles. The Balaban J connectivity index is 1.82. The van der Waals surface area contributed by atoms with Gasteiger partial charge in [-0.1, -0.05) is 78.7 Å². The summed E-state index contributed by atoms with van der Waals surface area (Å²) in [6, 6.07) is 27.4. The second-order valence-electron chi connectivity index (χ2n) is 10.8. The minimum Gasteiger partial charge on any atom is -0.497 e. The molecule has 8 nitrogen and oxygen atoms in total. The van der Waals surface area contributed by atoms with E-state index in [1.807, 2.05) is 50.2 Å². The number of rotatable bonds is 14. The van der Waals surface area contributed by atoms with Gasteiger partial charge in [-0.25, -0.2) is 8.42 Å². The number of nitrogens with zero attached hydrogens (tertiary/aromatic N) is 2. The van der Waals surface area contributed by atoms with E-state index < -0.39 is 28.5 Å². The number of benzene rings is 4. The first-order valence-electron chi connectivity index (χ1n) is 14.8. The summed E-state index contributed by atoms with van der Waals surface area (Å²) >= 11 is 12.3. The number of nitrogens with one attached hydrogen (secondary N) is 1. The first kappa shape index (κ1) is 34.8. The molecule has 46 heavy (non-hydrogen) atoms. The average Bonchev–Trinajstić information content (AvgIpc) is 3.05. The van der Waals surface area contributed by atoms with E-state index in [-0.39, 0.29) is 35.5 Å². The lowest BCUT2D eigenvalue weighted by Gasteiger charge is -2.34. The number of hydrogen-bond acceptors (Lipinski definition) is 5. The molecule has 11 heteroatoms. The van der Waals surface area contributed by atoms with Crippen LogP contribution in [-0.2, 0) is 32.6 Å². The molecule has 0 aliphatic carbocycles. The molecule has 0 radical (unpaired) electrons. The summed E-state index contributed by atoms with van der Waals surface area (Å²) in [4.78, 5) is 29.9. The van der Waals surface area contributed by atoms with Crippen molar-refractivity contribution in [1.82, 2.24) is 10.2 Å². The minimum absolute atomic E-state index is 0.0197. The molecule has 242 valence electrons. The fourth-order valence-corrected chi connectivity index (χ4v) is 6.57. The standard InChI is InChI=1S/C35H37Cl2N3O5S/c1-4-25(2)38-35(42)33(21-26-10-6-5-7-11-26)39(23-27-12-8-15-31(20-27)45-3)34(41)24-40(30-14-9-13-29(37)22-30)46(43,44)32-18-16-28(36)17-19-32/h5-20,22,25,33H,4,21,23-24H2,1-3H3,(H,38,42). The quantitative estimate of drug-likeness (QED) is 0.159. The Morgan fingerprint density at radius 2 is 1.52 bits per heavy atom. The van der Waals surface area contributed by atoms with Crippen LogP contribution in [0.4, 0.5) is 5.69 Å². The summed E-state index contributed by atoms with van der Waals surface area (Å²) in [5, 5.41) is 3.69. The third-order valence-electron chi connectivity index (χ3n) is 7.54. The Bertz CT molecular complexity index is 1740. The molecule has 0 bridgehead atoms. The van der Waals surface area contributed by atoms with Crippen LogP contribution in [0.3, 0.4) is 0 Å². The molecule has 0 saturated carbocycles. The lowest BCUT2D eigenvalue weighted by molar-refractivity contribution is -0.140. The third kappa shape index (κ3) is 9.02. The zero-order valence-corrected chi connectivity index (χ0v) is 28.2. The van der Waals surface area contributed by atoms with Crippen LogP contribution in [0.5, 0.6) is 5.75 Å². The Labute approximate surface area is 280 Å². The zero-order valence-electron chi connectivity index (χ0n) is 25.9. The lowest BCUT2D eigenvalue weighted by atomic mass is 10.0. The predicted molar refractivity (Wildman–Crippen MR) is 183 cm³/mol. The van der Waals surface area contributed by atoms with E-state index in [0.717, 1.165) is 9.87 Å². The van der Waals surface area contributed by atoms with E-state index in [0.29, 0.717) is 27.8 Å². The van der Waals surface area contributed by atoms with E-state index in [4.69, 9.17) is 27.9 Å². The number of methoxy groups -OCH3 is 1. The van der Waals surface area contributed by atoms with Crippen molar-refractivity contribution >= 4 is 50.7 Å². The second kappa shape index (κ2) is 16.0. The number of anilines is 1. The van der Waals surface area contributed by atoms with Crippen LogP contribution in [0, 0.1) is 0 Å². The molecule has 0 fully saturated rings. The topological polar surface area (TPSA) is 96.0 Å². The maximum Gasteiger partial charge on any atom is 0.264 e. The van der Waals surface area contributed by atoms with E-state index in [2.05, 4.69) is 5.32 Å². The fraction of sp³-hybridized carbons (Fsp3) is 0.257. The van der Waals surface area contributed by atoms with Gasteiger partial charge < -0.3 is 15.0 Å². The van der Waals surface area contributed by atoms with E-state index >= 15 is 0 Å². The van der Waals surface area contributed by atoms with E-state index in [1.165, 1.54) is 35.2 Å². The zero-order chi connectivity index (χ0) is 33.3. The normalized spacial score (nSPS) is 12.5. The number of carbonyl (C=O) groups excluding carboxylic acids is 2. The SMILES string of the molecule is CCC(C)NC(=O)C(Cc1ccccc1)N(Cc1cccc(OC)c1)C(=O)CN(c1cccc(Cl)c1)S(=O)(=O)c1ccc(Cl)cc1. The molecular formula is C35H37Cl2N3O5S. The summed E-state index contributed by atoms with van der Waals surface area (Å²) in [6.45, 7) is 3.27. The van der Waals surface area contributed by atoms with Crippen LogP contribution < -0.4 is 14.4 Å². The Morgan fingerprint density at radius 1 is 0.848 bits per heavy atom. The average molecular weight is 683 g/mol. The van der Waals surface area contributed by atoms with Crippen molar-refractivity contribution in [2.24, 2.45) is 0 Å². The Hall–Kier alpha value is -4.05. The van der Waals surface area contributed by atoms with Crippen LogP contribution >= 0.6 is 23.2 Å². The van der Waals surface area contributed by atoms with E-state index in [9.17, 15) is 18.0 Å². The molecule has 4 rings (SSSR count). The van der Waals surface area contributed by atoms with Gasteiger partial charge in [0, 0.05) is 29.1 Å². The molecule has 0 spiro atoms. The van der Waals surface area contributed by atoms with Crippen LogP contribution in [0.2, 0.25) is 10.0 Å².